The van der Waals surface area contributed by atoms with Crippen LogP contribution in [-0.4, -0.2) is 28.2 Å². The molecule has 1 aliphatic heterocycles. The third kappa shape index (κ3) is 2.33. The Bertz CT molecular complexity index is 1060. The minimum atomic E-state index is -1.22. The smallest absolute Gasteiger partial charge is 0.244 e. The van der Waals surface area contributed by atoms with Crippen LogP contribution in [0.3, 0.4) is 0 Å². The van der Waals surface area contributed by atoms with Crippen LogP contribution in [-0.2, 0) is 15.0 Å². The number of benzene rings is 1. The molecule has 2 aliphatic rings. The van der Waals surface area contributed by atoms with Gasteiger partial charge in [0.2, 0.25) is 11.6 Å². The number of ketones is 1. The van der Waals surface area contributed by atoms with Crippen molar-refractivity contribution in [2.24, 2.45) is 5.41 Å². The molecule has 1 amide bonds. The highest BCUT2D eigenvalue weighted by atomic mass is 16.2. The second-order valence-corrected chi connectivity index (χ2v) is 7.40. The van der Waals surface area contributed by atoms with Gasteiger partial charge in [0.25, 0.3) is 0 Å². The summed E-state index contributed by atoms with van der Waals surface area (Å²) in [6.07, 6.45) is 8.04. The van der Waals surface area contributed by atoms with E-state index >= 15 is 0 Å². The molecule has 2 aromatic rings. The normalized spacial score (nSPS) is 23.4. The van der Waals surface area contributed by atoms with Gasteiger partial charge < -0.3 is 9.69 Å². The third-order valence-electron chi connectivity index (χ3n) is 5.52. The molecule has 6 heteroatoms. The lowest BCUT2D eigenvalue weighted by atomic mass is 9.57. The highest BCUT2D eigenvalue weighted by Crippen LogP contribution is 2.52. The van der Waals surface area contributed by atoms with Crippen molar-refractivity contribution in [2.75, 3.05) is 11.4 Å². The summed E-state index contributed by atoms with van der Waals surface area (Å²) in [5.74, 6) is -0.475. The van der Waals surface area contributed by atoms with E-state index in [1.807, 2.05) is 36.4 Å². The number of allylic oxidation sites excluding steroid dienone is 1. The van der Waals surface area contributed by atoms with E-state index in [2.05, 4.69) is 14.8 Å². The van der Waals surface area contributed by atoms with Crippen LogP contribution in [0.4, 0.5) is 5.69 Å². The number of nitrogens with zero attached hydrogens (tertiary/aromatic N) is 4. The molecule has 0 saturated carbocycles. The third-order valence-corrected chi connectivity index (χ3v) is 5.52. The Morgan fingerprint density at radius 1 is 1.11 bits per heavy atom. The Hall–Kier alpha value is -3.59. The van der Waals surface area contributed by atoms with Gasteiger partial charge in [-0.2, -0.15) is 0 Å². The average Bonchev–Trinajstić information content (AvgIpc) is 2.73. The molecule has 2 heterocycles. The topological polar surface area (TPSA) is 67.5 Å². The lowest BCUT2D eigenvalue weighted by molar-refractivity contribution is -0.125. The molecule has 0 N–H and O–H groups in total. The number of fused-ring (bicyclic) bond motifs is 1. The number of carbonyl (C=O) groups is 2. The number of rotatable bonds is 2. The van der Waals surface area contributed by atoms with Gasteiger partial charge >= 0.3 is 0 Å². The molecule has 1 aromatic carbocycles. The Balaban J connectivity index is 2.03. The van der Waals surface area contributed by atoms with Gasteiger partial charge in [-0.1, -0.05) is 56.3 Å². The lowest BCUT2D eigenvalue weighted by Crippen LogP contribution is -2.56. The molecule has 0 bridgehead atoms. The summed E-state index contributed by atoms with van der Waals surface area (Å²) in [5, 5.41) is 0. The second kappa shape index (κ2) is 6.24. The van der Waals surface area contributed by atoms with Gasteiger partial charge in [-0.3, -0.25) is 4.79 Å². The van der Waals surface area contributed by atoms with Crippen LogP contribution in [0, 0.1) is 12.0 Å². The summed E-state index contributed by atoms with van der Waals surface area (Å²) in [7, 11) is 0. The maximum atomic E-state index is 13.9. The Labute approximate surface area is 163 Å². The summed E-state index contributed by atoms with van der Waals surface area (Å²) < 4.78 is 0. The van der Waals surface area contributed by atoms with Crippen LogP contribution in [0.5, 0.6) is 0 Å². The van der Waals surface area contributed by atoms with Crippen molar-refractivity contribution in [1.82, 2.24) is 9.97 Å². The largest absolute Gasteiger partial charge is 0.307 e. The molecule has 1 aromatic heterocycles. The molecule has 0 unspecified atom stereocenters. The molecule has 0 radical (unpaired) electrons. The molecular formula is C22H18N4O2. The molecule has 4 rings (SSSR count). The monoisotopic (exact) mass is 370 g/mol. The number of carbonyl (C=O) groups excluding carboxylic acids is 2. The van der Waals surface area contributed by atoms with Crippen LogP contribution in [0.2, 0.25) is 0 Å². The summed E-state index contributed by atoms with van der Waals surface area (Å²) in [4.78, 5) is 39.9. The summed E-state index contributed by atoms with van der Waals surface area (Å²) in [6, 6.07) is 9.31. The van der Waals surface area contributed by atoms with Gasteiger partial charge in [-0.05, 0) is 11.1 Å². The van der Waals surface area contributed by atoms with Crippen LogP contribution in [0.1, 0.15) is 19.4 Å². The minimum Gasteiger partial charge on any atom is -0.307 e. The van der Waals surface area contributed by atoms with Crippen molar-refractivity contribution in [1.29, 1.82) is 0 Å². The lowest BCUT2D eigenvalue weighted by Gasteiger charge is -2.48. The standard InChI is InChI=1S/C22H18N4O2/c1-21(2)18-9-10-26(16-12-24-14-25-13-16)20(28)22(18,11-17(23-3)19(21)27)15-7-5-4-6-8-15/h4-9,11-14H,10H2,1-2H3/t22-/m0/s1. The zero-order chi connectivity index (χ0) is 19.9. The first-order chi connectivity index (χ1) is 13.4. The number of hydrogen-bond acceptors (Lipinski definition) is 4. The molecule has 0 spiro atoms. The van der Waals surface area contributed by atoms with Crippen molar-refractivity contribution < 1.29 is 9.59 Å². The van der Waals surface area contributed by atoms with E-state index in [1.165, 1.54) is 12.4 Å². The SMILES string of the molecule is [C-]#[N+]C1=C[C@@]2(c3ccccc3)C(=O)N(c3cncnc3)CC=C2C(C)(C)C1=O. The fraction of sp³-hybridized carbons (Fsp3) is 0.227. The van der Waals surface area contributed by atoms with Crippen LogP contribution >= 0.6 is 0 Å². The zero-order valence-electron chi connectivity index (χ0n) is 15.6. The Morgan fingerprint density at radius 2 is 1.79 bits per heavy atom. The quantitative estimate of drug-likeness (QED) is 0.602. The molecule has 1 aliphatic carbocycles. The first-order valence-electron chi connectivity index (χ1n) is 8.91. The number of amides is 1. The molecule has 0 fully saturated rings. The first-order valence-corrected chi connectivity index (χ1v) is 8.91. The average molecular weight is 370 g/mol. The predicted molar refractivity (Wildman–Crippen MR) is 104 cm³/mol. The van der Waals surface area contributed by atoms with Crippen LogP contribution in [0.15, 0.2) is 72.5 Å². The number of anilines is 1. The van der Waals surface area contributed by atoms with Crippen LogP contribution in [0.25, 0.3) is 4.85 Å². The number of aromatic nitrogens is 2. The molecular weight excluding hydrogens is 352 g/mol. The number of Topliss-reactive ketones (excluding diaryl/α,β-unsaturated/α-hetero) is 1. The van der Waals surface area contributed by atoms with E-state index in [-0.39, 0.29) is 17.4 Å². The van der Waals surface area contributed by atoms with E-state index in [0.717, 1.165) is 5.56 Å². The van der Waals surface area contributed by atoms with Gasteiger partial charge in [-0.15, -0.1) is 0 Å². The maximum Gasteiger partial charge on any atom is 0.244 e. The van der Waals surface area contributed by atoms with Gasteiger partial charge in [0, 0.05) is 12.0 Å². The van der Waals surface area contributed by atoms with Gasteiger partial charge in [0.1, 0.15) is 11.7 Å². The van der Waals surface area contributed by atoms with Gasteiger partial charge in [0.05, 0.1) is 24.7 Å². The minimum absolute atomic E-state index is 0.00878. The van der Waals surface area contributed by atoms with E-state index < -0.39 is 10.8 Å². The van der Waals surface area contributed by atoms with E-state index in [4.69, 9.17) is 6.57 Å². The fourth-order valence-electron chi connectivity index (χ4n) is 4.15. The van der Waals surface area contributed by atoms with Crippen molar-refractivity contribution in [3.8, 4) is 0 Å². The molecule has 138 valence electrons. The van der Waals surface area contributed by atoms with E-state index in [1.54, 1.807) is 31.1 Å². The predicted octanol–water partition coefficient (Wildman–Crippen LogP) is 3.10. The number of hydrogen-bond donors (Lipinski definition) is 0. The summed E-state index contributed by atoms with van der Waals surface area (Å²) >= 11 is 0. The van der Waals surface area contributed by atoms with Gasteiger partial charge in [0.15, 0.2) is 5.78 Å². The Morgan fingerprint density at radius 3 is 2.43 bits per heavy atom. The molecule has 0 saturated heterocycles. The highest BCUT2D eigenvalue weighted by Gasteiger charge is 2.56. The van der Waals surface area contributed by atoms with Crippen molar-refractivity contribution in [3.05, 3.63) is 89.5 Å². The second-order valence-electron chi connectivity index (χ2n) is 7.40. The summed E-state index contributed by atoms with van der Waals surface area (Å²) in [5.41, 5.74) is -0.168. The van der Waals surface area contributed by atoms with E-state index in [9.17, 15) is 9.59 Å². The Kier molecular flexibility index (Phi) is 3.97. The van der Waals surface area contributed by atoms with Crippen molar-refractivity contribution in [2.45, 2.75) is 19.3 Å². The van der Waals surface area contributed by atoms with Crippen LogP contribution < -0.4 is 4.90 Å². The maximum absolute atomic E-state index is 13.9. The summed E-state index contributed by atoms with van der Waals surface area (Å²) in [6.45, 7) is 11.4. The molecule has 1 atom stereocenters. The van der Waals surface area contributed by atoms with Gasteiger partial charge in [-0.25, -0.2) is 14.8 Å². The van der Waals surface area contributed by atoms with Crippen molar-refractivity contribution in [3.63, 3.8) is 0 Å². The fourth-order valence-corrected chi connectivity index (χ4v) is 4.15. The highest BCUT2D eigenvalue weighted by molar-refractivity contribution is 6.14. The zero-order valence-corrected chi connectivity index (χ0v) is 15.6. The van der Waals surface area contributed by atoms with E-state index in [0.29, 0.717) is 17.8 Å². The van der Waals surface area contributed by atoms with Crippen molar-refractivity contribution >= 4 is 17.4 Å². The molecule has 28 heavy (non-hydrogen) atoms. The first kappa shape index (κ1) is 17.8. The molecule has 6 nitrogen and oxygen atoms in total.